The standard InChI is InChI=1S/C23H27F2N3O3/c1-23(2,3)31-22(30)28-20(10-17-8-18(24)11-19(25)9-17)21(29)14-27-13-16-6-4-5-15(7-16)12-26/h4-9,11,20-21,27,29H,10,13-14H2,1-3H3,(H,28,30)/t20-,21+/m0/s1. The Bertz CT molecular complexity index is 918. The monoisotopic (exact) mass is 431 g/mol. The van der Waals surface area contributed by atoms with Crippen molar-refractivity contribution in [3.8, 4) is 6.07 Å². The zero-order valence-corrected chi connectivity index (χ0v) is 17.8. The lowest BCUT2D eigenvalue weighted by Crippen LogP contribution is -2.49. The van der Waals surface area contributed by atoms with Crippen LogP contribution in [0, 0.1) is 23.0 Å². The Balaban J connectivity index is 2.06. The Morgan fingerprint density at radius 1 is 1.16 bits per heavy atom. The number of alkyl carbamates (subject to hydrolysis) is 1. The molecule has 1 amide bonds. The minimum Gasteiger partial charge on any atom is -0.444 e. The molecule has 0 aromatic heterocycles. The van der Waals surface area contributed by atoms with E-state index in [-0.39, 0.29) is 13.0 Å². The fourth-order valence-electron chi connectivity index (χ4n) is 2.98. The fourth-order valence-corrected chi connectivity index (χ4v) is 2.98. The molecule has 0 heterocycles. The van der Waals surface area contributed by atoms with Gasteiger partial charge in [-0.1, -0.05) is 12.1 Å². The largest absolute Gasteiger partial charge is 0.444 e. The van der Waals surface area contributed by atoms with Crippen LogP contribution in [0.1, 0.15) is 37.5 Å². The zero-order chi connectivity index (χ0) is 23.0. The van der Waals surface area contributed by atoms with Crippen LogP contribution in [0.4, 0.5) is 13.6 Å². The molecule has 2 atom stereocenters. The summed E-state index contributed by atoms with van der Waals surface area (Å²) >= 11 is 0. The van der Waals surface area contributed by atoms with Gasteiger partial charge in [0.1, 0.15) is 17.2 Å². The molecule has 8 heteroatoms. The average molecular weight is 431 g/mol. The minimum absolute atomic E-state index is 0.000682. The van der Waals surface area contributed by atoms with E-state index < -0.39 is 35.5 Å². The second-order valence-electron chi connectivity index (χ2n) is 8.24. The second kappa shape index (κ2) is 10.8. The molecule has 0 bridgehead atoms. The van der Waals surface area contributed by atoms with E-state index in [1.807, 2.05) is 6.07 Å². The predicted octanol–water partition coefficient (Wildman–Crippen LogP) is 3.42. The van der Waals surface area contributed by atoms with Crippen LogP contribution in [0.5, 0.6) is 0 Å². The van der Waals surface area contributed by atoms with Crippen molar-refractivity contribution in [2.75, 3.05) is 6.54 Å². The van der Waals surface area contributed by atoms with E-state index in [1.165, 1.54) is 0 Å². The first-order chi connectivity index (χ1) is 14.6. The maximum absolute atomic E-state index is 13.6. The predicted molar refractivity (Wildman–Crippen MR) is 112 cm³/mol. The maximum atomic E-state index is 13.6. The SMILES string of the molecule is CC(C)(C)OC(=O)N[C@@H](Cc1cc(F)cc(F)c1)[C@H](O)CNCc1cccc(C#N)c1. The van der Waals surface area contributed by atoms with Crippen LogP contribution in [-0.2, 0) is 17.7 Å². The lowest BCUT2D eigenvalue weighted by Gasteiger charge is -2.27. The average Bonchev–Trinajstić information content (AvgIpc) is 2.65. The Morgan fingerprint density at radius 2 is 1.84 bits per heavy atom. The first kappa shape index (κ1) is 24.3. The van der Waals surface area contributed by atoms with Crippen LogP contribution < -0.4 is 10.6 Å². The van der Waals surface area contributed by atoms with Gasteiger partial charge in [-0.15, -0.1) is 0 Å². The molecule has 0 saturated carbocycles. The van der Waals surface area contributed by atoms with Gasteiger partial charge in [0.2, 0.25) is 0 Å². The number of hydrogen-bond acceptors (Lipinski definition) is 5. The van der Waals surface area contributed by atoms with Crippen LogP contribution in [0.15, 0.2) is 42.5 Å². The number of hydrogen-bond donors (Lipinski definition) is 3. The zero-order valence-electron chi connectivity index (χ0n) is 17.8. The van der Waals surface area contributed by atoms with Crippen molar-refractivity contribution in [1.82, 2.24) is 10.6 Å². The Morgan fingerprint density at radius 3 is 2.45 bits per heavy atom. The summed E-state index contributed by atoms with van der Waals surface area (Å²) in [7, 11) is 0. The third kappa shape index (κ3) is 8.70. The second-order valence-corrected chi connectivity index (χ2v) is 8.24. The highest BCUT2D eigenvalue weighted by Gasteiger charge is 2.25. The van der Waals surface area contributed by atoms with Gasteiger partial charge < -0.3 is 20.5 Å². The molecule has 166 valence electrons. The first-order valence-corrected chi connectivity index (χ1v) is 9.88. The summed E-state index contributed by atoms with van der Waals surface area (Å²) in [6.07, 6.45) is -1.81. The van der Waals surface area contributed by atoms with Gasteiger partial charge >= 0.3 is 6.09 Å². The van der Waals surface area contributed by atoms with Crippen LogP contribution >= 0.6 is 0 Å². The molecular formula is C23H27F2N3O3. The van der Waals surface area contributed by atoms with Crippen LogP contribution in [0.3, 0.4) is 0 Å². The summed E-state index contributed by atoms with van der Waals surface area (Å²) < 4.78 is 32.4. The minimum atomic E-state index is -1.07. The number of nitriles is 1. The summed E-state index contributed by atoms with van der Waals surface area (Å²) in [4.78, 5) is 12.2. The quantitative estimate of drug-likeness (QED) is 0.595. The number of carbonyl (C=O) groups is 1. The Kier molecular flexibility index (Phi) is 8.48. The van der Waals surface area contributed by atoms with Crippen molar-refractivity contribution in [3.05, 3.63) is 70.8 Å². The topological polar surface area (TPSA) is 94.4 Å². The van der Waals surface area contributed by atoms with Gasteiger partial charge in [-0.2, -0.15) is 5.26 Å². The molecule has 2 rings (SSSR count). The smallest absolute Gasteiger partial charge is 0.407 e. The number of ether oxygens (including phenoxy) is 1. The van der Waals surface area contributed by atoms with E-state index in [1.54, 1.807) is 39.0 Å². The number of rotatable bonds is 8. The lowest BCUT2D eigenvalue weighted by molar-refractivity contribution is 0.0422. The lowest BCUT2D eigenvalue weighted by atomic mass is 10.0. The van der Waals surface area contributed by atoms with Gasteiger partial charge in [0.25, 0.3) is 0 Å². The van der Waals surface area contributed by atoms with Gasteiger partial charge in [-0.25, -0.2) is 13.6 Å². The first-order valence-electron chi connectivity index (χ1n) is 9.88. The van der Waals surface area contributed by atoms with Crippen molar-refractivity contribution in [2.24, 2.45) is 0 Å². The maximum Gasteiger partial charge on any atom is 0.407 e. The summed E-state index contributed by atoms with van der Waals surface area (Å²) in [5.74, 6) is -1.48. The molecular weight excluding hydrogens is 404 g/mol. The number of nitrogens with one attached hydrogen (secondary N) is 2. The molecule has 0 aliphatic rings. The van der Waals surface area contributed by atoms with Gasteiger partial charge in [0.15, 0.2) is 0 Å². The highest BCUT2D eigenvalue weighted by molar-refractivity contribution is 5.68. The molecule has 2 aromatic rings. The highest BCUT2D eigenvalue weighted by Crippen LogP contribution is 2.13. The van der Waals surface area contributed by atoms with Crippen LogP contribution in [0.25, 0.3) is 0 Å². The van der Waals surface area contributed by atoms with Crippen molar-refractivity contribution in [3.63, 3.8) is 0 Å². The molecule has 3 N–H and O–H groups in total. The number of nitrogens with zero attached hydrogens (tertiary/aromatic N) is 1. The molecule has 0 aliphatic carbocycles. The number of halogens is 2. The van der Waals surface area contributed by atoms with E-state index in [9.17, 15) is 18.7 Å². The Hall–Kier alpha value is -3.02. The van der Waals surface area contributed by atoms with Gasteiger partial charge in [0, 0.05) is 19.2 Å². The molecule has 31 heavy (non-hydrogen) atoms. The summed E-state index contributed by atoms with van der Waals surface area (Å²) in [5, 5.41) is 25.3. The van der Waals surface area contributed by atoms with Gasteiger partial charge in [-0.3, -0.25) is 0 Å². The molecule has 0 spiro atoms. The van der Waals surface area contributed by atoms with E-state index >= 15 is 0 Å². The molecule has 0 fully saturated rings. The van der Waals surface area contributed by atoms with E-state index in [0.717, 1.165) is 23.8 Å². The van der Waals surface area contributed by atoms with Crippen LogP contribution in [0.2, 0.25) is 0 Å². The molecule has 0 saturated heterocycles. The number of carbonyl (C=O) groups excluding carboxylic acids is 1. The summed E-state index contributed by atoms with van der Waals surface area (Å²) in [5.41, 5.74) is 0.932. The third-order valence-corrected chi connectivity index (χ3v) is 4.28. The van der Waals surface area contributed by atoms with Crippen LogP contribution in [-0.4, -0.2) is 35.5 Å². The number of benzene rings is 2. The molecule has 0 aliphatic heterocycles. The van der Waals surface area contributed by atoms with E-state index in [4.69, 9.17) is 10.00 Å². The highest BCUT2D eigenvalue weighted by atomic mass is 19.1. The van der Waals surface area contributed by atoms with Crippen molar-refractivity contribution >= 4 is 6.09 Å². The molecule has 0 radical (unpaired) electrons. The molecule has 6 nitrogen and oxygen atoms in total. The molecule has 2 aromatic carbocycles. The van der Waals surface area contributed by atoms with E-state index in [2.05, 4.69) is 16.7 Å². The summed E-state index contributed by atoms with van der Waals surface area (Å²) in [6, 6.07) is 11.3. The van der Waals surface area contributed by atoms with E-state index in [0.29, 0.717) is 17.7 Å². The Labute approximate surface area is 180 Å². The van der Waals surface area contributed by atoms with Gasteiger partial charge in [0.05, 0.1) is 23.8 Å². The summed E-state index contributed by atoms with van der Waals surface area (Å²) in [6.45, 7) is 5.60. The van der Waals surface area contributed by atoms with Crippen molar-refractivity contribution < 1.29 is 23.4 Å². The van der Waals surface area contributed by atoms with Crippen molar-refractivity contribution in [2.45, 2.75) is 51.5 Å². The normalized spacial score (nSPS) is 13.2. The number of aliphatic hydroxyl groups is 1. The number of amides is 1. The van der Waals surface area contributed by atoms with Crippen molar-refractivity contribution in [1.29, 1.82) is 5.26 Å². The fraction of sp³-hybridized carbons (Fsp3) is 0.391. The molecule has 0 unspecified atom stereocenters. The number of aliphatic hydroxyl groups excluding tert-OH is 1. The third-order valence-electron chi connectivity index (χ3n) is 4.28. The van der Waals surface area contributed by atoms with Gasteiger partial charge in [-0.05, 0) is 62.6 Å².